The van der Waals surface area contributed by atoms with Crippen LogP contribution in [0.15, 0.2) is 60.7 Å². The summed E-state index contributed by atoms with van der Waals surface area (Å²) in [6.07, 6.45) is 6.70. The van der Waals surface area contributed by atoms with Crippen LogP contribution < -0.4 is 9.47 Å². The fourth-order valence-electron chi connectivity index (χ4n) is 2.21. The standard InChI is InChI=1S/C15H20O3.C10H10O3/c1-12(2)10-11-18-15(16)9-6-13-4-7-14(17-3)8-5-13;1-13-9-5-2-8(3-6-9)4-7-10(11)12/h4-9,12H,10-11H2,1-3H3;2-7H,1H3,(H,11,12). The van der Waals surface area contributed by atoms with E-state index in [1.807, 2.05) is 24.3 Å². The van der Waals surface area contributed by atoms with Crippen LogP contribution in [0.1, 0.15) is 31.4 Å². The Labute approximate surface area is 183 Å². The molecule has 0 aliphatic heterocycles. The molecule has 0 saturated carbocycles. The third-order valence-corrected chi connectivity index (χ3v) is 4.00. The number of benzene rings is 2. The largest absolute Gasteiger partial charge is 0.497 e. The van der Waals surface area contributed by atoms with Crippen LogP contribution in [0.4, 0.5) is 0 Å². The number of carboxylic acids is 1. The Morgan fingerprint density at radius 2 is 1.29 bits per heavy atom. The number of methoxy groups -OCH3 is 2. The normalized spacial score (nSPS) is 10.6. The van der Waals surface area contributed by atoms with Gasteiger partial charge in [0.15, 0.2) is 0 Å². The van der Waals surface area contributed by atoms with Gasteiger partial charge in [0.25, 0.3) is 0 Å². The van der Waals surface area contributed by atoms with E-state index in [-0.39, 0.29) is 5.97 Å². The Hall–Kier alpha value is -3.54. The molecule has 6 nitrogen and oxygen atoms in total. The van der Waals surface area contributed by atoms with Crippen LogP contribution in [-0.2, 0) is 14.3 Å². The van der Waals surface area contributed by atoms with Crippen LogP contribution in [0.3, 0.4) is 0 Å². The van der Waals surface area contributed by atoms with E-state index in [4.69, 9.17) is 19.3 Å². The third kappa shape index (κ3) is 11.9. The van der Waals surface area contributed by atoms with Crippen molar-refractivity contribution in [3.05, 3.63) is 71.8 Å². The predicted octanol–water partition coefficient (Wildman–Crippen LogP) is 5.09. The smallest absolute Gasteiger partial charge is 0.330 e. The van der Waals surface area contributed by atoms with Gasteiger partial charge >= 0.3 is 11.9 Å². The van der Waals surface area contributed by atoms with Crippen LogP contribution in [0, 0.1) is 5.92 Å². The molecule has 0 unspecified atom stereocenters. The molecule has 1 N–H and O–H groups in total. The lowest BCUT2D eigenvalue weighted by Gasteiger charge is -2.04. The van der Waals surface area contributed by atoms with Gasteiger partial charge in [-0.15, -0.1) is 0 Å². The number of carboxylic acid groups (broad SMARTS) is 1. The molecule has 31 heavy (non-hydrogen) atoms. The lowest BCUT2D eigenvalue weighted by molar-refractivity contribution is -0.138. The Kier molecular flexibility index (Phi) is 11.9. The summed E-state index contributed by atoms with van der Waals surface area (Å²) in [5.41, 5.74) is 1.78. The molecule has 0 spiro atoms. The van der Waals surface area contributed by atoms with Crippen molar-refractivity contribution in [3.63, 3.8) is 0 Å². The molecule has 2 aromatic rings. The zero-order chi connectivity index (χ0) is 23.1. The molecule has 0 heterocycles. The van der Waals surface area contributed by atoms with E-state index in [9.17, 15) is 9.59 Å². The second kappa shape index (κ2) is 14.4. The van der Waals surface area contributed by atoms with Crippen LogP contribution in [0.2, 0.25) is 0 Å². The van der Waals surface area contributed by atoms with E-state index in [2.05, 4.69) is 13.8 Å². The van der Waals surface area contributed by atoms with Gasteiger partial charge in [-0.05, 0) is 59.9 Å². The van der Waals surface area contributed by atoms with Gasteiger partial charge in [-0.3, -0.25) is 0 Å². The first-order valence-electron chi connectivity index (χ1n) is 9.88. The number of ether oxygens (including phenoxy) is 3. The second-order valence-electron chi connectivity index (χ2n) is 6.90. The molecule has 0 aliphatic rings. The summed E-state index contributed by atoms with van der Waals surface area (Å²) in [6, 6.07) is 14.6. The van der Waals surface area contributed by atoms with Crippen molar-refractivity contribution in [2.45, 2.75) is 20.3 Å². The Balaban J connectivity index is 0.000000327. The molecule has 0 fully saturated rings. The number of esters is 1. The van der Waals surface area contributed by atoms with Crippen molar-refractivity contribution < 1.29 is 28.9 Å². The highest BCUT2D eigenvalue weighted by molar-refractivity contribution is 5.87. The Morgan fingerprint density at radius 3 is 1.68 bits per heavy atom. The van der Waals surface area contributed by atoms with Gasteiger partial charge in [0.1, 0.15) is 11.5 Å². The van der Waals surface area contributed by atoms with Gasteiger partial charge < -0.3 is 19.3 Å². The van der Waals surface area contributed by atoms with E-state index in [0.29, 0.717) is 12.5 Å². The number of carbonyl (C=O) groups excluding carboxylic acids is 1. The first-order valence-corrected chi connectivity index (χ1v) is 9.88. The van der Waals surface area contributed by atoms with E-state index in [1.165, 1.54) is 12.2 Å². The summed E-state index contributed by atoms with van der Waals surface area (Å²) in [4.78, 5) is 21.6. The average molecular weight is 427 g/mol. The van der Waals surface area contributed by atoms with Gasteiger partial charge in [-0.25, -0.2) is 9.59 Å². The van der Waals surface area contributed by atoms with Crippen LogP contribution in [0.25, 0.3) is 12.2 Å². The number of hydrogen-bond acceptors (Lipinski definition) is 5. The number of carbonyl (C=O) groups is 2. The summed E-state index contributed by atoms with van der Waals surface area (Å²) in [6.45, 7) is 4.67. The molecule has 0 aliphatic carbocycles. The topological polar surface area (TPSA) is 82.1 Å². The summed E-state index contributed by atoms with van der Waals surface area (Å²) in [5.74, 6) is 0.852. The molecule has 2 aromatic carbocycles. The average Bonchev–Trinajstić information content (AvgIpc) is 2.77. The van der Waals surface area contributed by atoms with Crippen molar-refractivity contribution in [1.82, 2.24) is 0 Å². The lowest BCUT2D eigenvalue weighted by atomic mass is 10.1. The summed E-state index contributed by atoms with van der Waals surface area (Å²) in [5, 5.41) is 8.36. The van der Waals surface area contributed by atoms with Gasteiger partial charge in [-0.2, -0.15) is 0 Å². The van der Waals surface area contributed by atoms with E-state index in [1.54, 1.807) is 44.6 Å². The number of hydrogen-bond donors (Lipinski definition) is 1. The Bertz CT molecular complexity index is 849. The van der Waals surface area contributed by atoms with Crippen LogP contribution in [0.5, 0.6) is 11.5 Å². The maximum Gasteiger partial charge on any atom is 0.330 e. The van der Waals surface area contributed by atoms with Crippen LogP contribution >= 0.6 is 0 Å². The minimum atomic E-state index is -0.948. The molecule has 166 valence electrons. The molecule has 2 rings (SSSR count). The fourth-order valence-corrected chi connectivity index (χ4v) is 2.21. The fraction of sp³-hybridized carbons (Fsp3) is 0.280. The molecular formula is C25H30O6. The van der Waals surface area contributed by atoms with E-state index in [0.717, 1.165) is 35.1 Å². The van der Waals surface area contributed by atoms with Crippen molar-refractivity contribution in [1.29, 1.82) is 0 Å². The molecule has 0 amide bonds. The lowest BCUT2D eigenvalue weighted by Crippen LogP contribution is -2.04. The van der Waals surface area contributed by atoms with E-state index < -0.39 is 5.97 Å². The molecule has 0 radical (unpaired) electrons. The summed E-state index contributed by atoms with van der Waals surface area (Å²) < 4.78 is 15.1. The van der Waals surface area contributed by atoms with Gasteiger partial charge in [0.2, 0.25) is 0 Å². The third-order valence-electron chi connectivity index (χ3n) is 4.00. The SMILES string of the molecule is COc1ccc(C=CC(=O)O)cc1.COc1ccc(C=CC(=O)OCCC(C)C)cc1. The zero-order valence-corrected chi connectivity index (χ0v) is 18.4. The van der Waals surface area contributed by atoms with Gasteiger partial charge in [0.05, 0.1) is 20.8 Å². The van der Waals surface area contributed by atoms with Gasteiger partial charge in [0, 0.05) is 12.2 Å². The second-order valence-corrected chi connectivity index (χ2v) is 6.90. The first kappa shape index (κ1) is 25.5. The molecule has 0 aromatic heterocycles. The highest BCUT2D eigenvalue weighted by atomic mass is 16.5. The van der Waals surface area contributed by atoms with Crippen LogP contribution in [-0.4, -0.2) is 37.9 Å². The number of aliphatic carboxylic acids is 1. The quantitative estimate of drug-likeness (QED) is 0.444. The first-order chi connectivity index (χ1) is 14.8. The van der Waals surface area contributed by atoms with Crippen molar-refractivity contribution >= 4 is 24.1 Å². The minimum absolute atomic E-state index is 0.300. The zero-order valence-electron chi connectivity index (χ0n) is 18.4. The maximum absolute atomic E-state index is 11.4. The highest BCUT2D eigenvalue weighted by Crippen LogP contribution is 2.13. The monoisotopic (exact) mass is 426 g/mol. The summed E-state index contributed by atoms with van der Waals surface area (Å²) in [7, 11) is 3.21. The predicted molar refractivity (Wildman–Crippen MR) is 122 cm³/mol. The van der Waals surface area contributed by atoms with E-state index >= 15 is 0 Å². The Morgan fingerprint density at radius 1 is 0.839 bits per heavy atom. The molecule has 0 bridgehead atoms. The molecule has 0 saturated heterocycles. The van der Waals surface area contributed by atoms with Crippen molar-refractivity contribution in [3.8, 4) is 11.5 Å². The maximum atomic E-state index is 11.4. The highest BCUT2D eigenvalue weighted by Gasteiger charge is 1.99. The van der Waals surface area contributed by atoms with Crippen molar-refractivity contribution in [2.75, 3.05) is 20.8 Å². The van der Waals surface area contributed by atoms with Gasteiger partial charge in [-0.1, -0.05) is 38.1 Å². The summed E-state index contributed by atoms with van der Waals surface area (Å²) >= 11 is 0. The molecule has 0 atom stereocenters. The number of rotatable bonds is 9. The molecule has 6 heteroatoms. The minimum Gasteiger partial charge on any atom is -0.497 e. The van der Waals surface area contributed by atoms with Crippen molar-refractivity contribution in [2.24, 2.45) is 5.92 Å². The molecular weight excluding hydrogens is 396 g/mol.